The van der Waals surface area contributed by atoms with Crippen molar-refractivity contribution in [3.8, 4) is 5.95 Å². The highest BCUT2D eigenvalue weighted by Crippen LogP contribution is 2.23. The molecule has 2 aromatic heterocycles. The SMILES string of the molecule is Cc1cc(C)n(-c2nc(NCc3ccc(Cl)cc3)c3ccccc3n2)n1. The van der Waals surface area contributed by atoms with Gasteiger partial charge < -0.3 is 5.32 Å². The number of aromatic nitrogens is 4. The molecule has 6 heteroatoms. The van der Waals surface area contributed by atoms with E-state index in [0.717, 1.165) is 38.7 Å². The van der Waals surface area contributed by atoms with Crippen molar-refractivity contribution in [1.82, 2.24) is 19.7 Å². The Balaban J connectivity index is 1.74. The Labute approximate surface area is 156 Å². The molecule has 0 bridgehead atoms. The largest absolute Gasteiger partial charge is 0.365 e. The number of benzene rings is 2. The Hall–Kier alpha value is -2.92. The third kappa shape index (κ3) is 3.26. The van der Waals surface area contributed by atoms with Crippen LogP contribution in [0.2, 0.25) is 5.02 Å². The molecule has 130 valence electrons. The van der Waals surface area contributed by atoms with Gasteiger partial charge in [-0.05, 0) is 49.7 Å². The van der Waals surface area contributed by atoms with Gasteiger partial charge in [-0.25, -0.2) is 9.67 Å². The number of para-hydroxylation sites is 1. The molecule has 0 radical (unpaired) electrons. The first-order valence-corrected chi connectivity index (χ1v) is 8.77. The molecule has 0 saturated carbocycles. The van der Waals surface area contributed by atoms with Crippen LogP contribution in [0.15, 0.2) is 54.6 Å². The molecule has 0 aliphatic rings. The van der Waals surface area contributed by atoms with Gasteiger partial charge in [-0.2, -0.15) is 10.1 Å². The maximum atomic E-state index is 5.96. The molecule has 0 amide bonds. The average Bonchev–Trinajstić information content (AvgIpc) is 2.99. The van der Waals surface area contributed by atoms with E-state index in [1.807, 2.05) is 68.4 Å². The van der Waals surface area contributed by atoms with Crippen LogP contribution in [0.1, 0.15) is 17.0 Å². The summed E-state index contributed by atoms with van der Waals surface area (Å²) < 4.78 is 1.77. The van der Waals surface area contributed by atoms with Crippen LogP contribution >= 0.6 is 11.6 Å². The van der Waals surface area contributed by atoms with E-state index in [9.17, 15) is 0 Å². The molecule has 0 unspecified atom stereocenters. The van der Waals surface area contributed by atoms with E-state index in [2.05, 4.69) is 15.4 Å². The zero-order valence-electron chi connectivity index (χ0n) is 14.6. The van der Waals surface area contributed by atoms with Gasteiger partial charge in [0, 0.05) is 22.6 Å². The lowest BCUT2D eigenvalue weighted by Gasteiger charge is -2.11. The first-order valence-electron chi connectivity index (χ1n) is 8.39. The standard InChI is InChI=1S/C20H18ClN5/c1-13-11-14(2)26(25-13)20-23-18-6-4-3-5-17(18)19(24-20)22-12-15-7-9-16(21)10-8-15/h3-11H,12H2,1-2H3,(H,22,23,24). The van der Waals surface area contributed by atoms with E-state index < -0.39 is 0 Å². The van der Waals surface area contributed by atoms with Crippen LogP contribution in [0, 0.1) is 13.8 Å². The van der Waals surface area contributed by atoms with Gasteiger partial charge in [0.25, 0.3) is 5.95 Å². The van der Waals surface area contributed by atoms with Gasteiger partial charge in [-0.3, -0.25) is 0 Å². The third-order valence-corrected chi connectivity index (χ3v) is 4.42. The highest BCUT2D eigenvalue weighted by molar-refractivity contribution is 6.30. The van der Waals surface area contributed by atoms with Crippen molar-refractivity contribution in [3.05, 3.63) is 76.6 Å². The molecule has 0 atom stereocenters. The summed E-state index contributed by atoms with van der Waals surface area (Å²) >= 11 is 5.96. The number of hydrogen-bond donors (Lipinski definition) is 1. The molecule has 2 aromatic carbocycles. The minimum atomic E-state index is 0.563. The minimum Gasteiger partial charge on any atom is -0.365 e. The molecule has 4 rings (SSSR count). The summed E-state index contributed by atoms with van der Waals surface area (Å²) in [5, 5.41) is 9.64. The zero-order chi connectivity index (χ0) is 18.1. The number of hydrogen-bond acceptors (Lipinski definition) is 4. The molecule has 0 fully saturated rings. The summed E-state index contributed by atoms with van der Waals surface area (Å²) in [6, 6.07) is 17.8. The van der Waals surface area contributed by atoms with Crippen LogP contribution in [-0.4, -0.2) is 19.7 Å². The topological polar surface area (TPSA) is 55.6 Å². The predicted octanol–water partition coefficient (Wildman–Crippen LogP) is 4.70. The minimum absolute atomic E-state index is 0.563. The van der Waals surface area contributed by atoms with Gasteiger partial charge in [-0.15, -0.1) is 0 Å². The number of nitrogens with one attached hydrogen (secondary N) is 1. The second kappa shape index (κ2) is 6.77. The van der Waals surface area contributed by atoms with Gasteiger partial charge in [0.15, 0.2) is 0 Å². The molecular formula is C20H18ClN5. The normalized spacial score (nSPS) is 11.0. The lowest BCUT2D eigenvalue weighted by Crippen LogP contribution is -2.09. The summed E-state index contributed by atoms with van der Waals surface area (Å²) in [6.07, 6.45) is 0. The van der Waals surface area contributed by atoms with Crippen LogP contribution in [0.25, 0.3) is 16.9 Å². The van der Waals surface area contributed by atoms with Gasteiger partial charge in [0.2, 0.25) is 0 Å². The van der Waals surface area contributed by atoms with Crippen LogP contribution < -0.4 is 5.32 Å². The summed E-state index contributed by atoms with van der Waals surface area (Å²) in [4.78, 5) is 9.41. The summed E-state index contributed by atoms with van der Waals surface area (Å²) in [6.45, 7) is 4.61. The van der Waals surface area contributed by atoms with E-state index >= 15 is 0 Å². The van der Waals surface area contributed by atoms with Crippen molar-refractivity contribution in [2.24, 2.45) is 0 Å². The van der Waals surface area contributed by atoms with Crippen LogP contribution in [-0.2, 0) is 6.54 Å². The van der Waals surface area contributed by atoms with Crippen LogP contribution in [0.4, 0.5) is 5.82 Å². The summed E-state index contributed by atoms with van der Waals surface area (Å²) in [7, 11) is 0. The third-order valence-electron chi connectivity index (χ3n) is 4.16. The second-order valence-electron chi connectivity index (χ2n) is 6.21. The first-order chi connectivity index (χ1) is 12.6. The van der Waals surface area contributed by atoms with Crippen molar-refractivity contribution < 1.29 is 0 Å². The molecular weight excluding hydrogens is 346 g/mol. The molecule has 0 aliphatic heterocycles. The number of fused-ring (bicyclic) bond motifs is 1. The molecule has 4 aromatic rings. The van der Waals surface area contributed by atoms with Crippen molar-refractivity contribution in [2.45, 2.75) is 20.4 Å². The quantitative estimate of drug-likeness (QED) is 0.571. The van der Waals surface area contributed by atoms with E-state index in [1.54, 1.807) is 4.68 Å². The van der Waals surface area contributed by atoms with E-state index in [0.29, 0.717) is 12.5 Å². The van der Waals surface area contributed by atoms with Gasteiger partial charge in [0.05, 0.1) is 11.2 Å². The Kier molecular flexibility index (Phi) is 4.31. The number of nitrogens with zero attached hydrogens (tertiary/aromatic N) is 4. The van der Waals surface area contributed by atoms with Crippen molar-refractivity contribution >= 4 is 28.3 Å². The lowest BCUT2D eigenvalue weighted by atomic mass is 10.2. The Morgan fingerprint density at radius 1 is 1.00 bits per heavy atom. The molecule has 0 aliphatic carbocycles. The summed E-state index contributed by atoms with van der Waals surface area (Å²) in [5.41, 5.74) is 3.95. The predicted molar refractivity (Wildman–Crippen MR) is 105 cm³/mol. The molecule has 0 saturated heterocycles. The summed E-state index contributed by atoms with van der Waals surface area (Å²) in [5.74, 6) is 1.35. The first kappa shape index (κ1) is 16.5. The second-order valence-corrected chi connectivity index (χ2v) is 6.64. The molecule has 26 heavy (non-hydrogen) atoms. The fraction of sp³-hybridized carbons (Fsp3) is 0.150. The Morgan fingerprint density at radius 3 is 2.50 bits per heavy atom. The highest BCUT2D eigenvalue weighted by atomic mass is 35.5. The van der Waals surface area contributed by atoms with E-state index in [-0.39, 0.29) is 0 Å². The van der Waals surface area contributed by atoms with Crippen molar-refractivity contribution in [3.63, 3.8) is 0 Å². The van der Waals surface area contributed by atoms with Crippen LogP contribution in [0.5, 0.6) is 0 Å². The number of anilines is 1. The Bertz CT molecular complexity index is 1070. The van der Waals surface area contributed by atoms with Gasteiger partial charge in [-0.1, -0.05) is 35.9 Å². The van der Waals surface area contributed by atoms with Gasteiger partial charge >= 0.3 is 0 Å². The lowest BCUT2D eigenvalue weighted by molar-refractivity contribution is 0.780. The molecule has 5 nitrogen and oxygen atoms in total. The fourth-order valence-corrected chi connectivity index (χ4v) is 3.04. The zero-order valence-corrected chi connectivity index (χ0v) is 15.3. The Morgan fingerprint density at radius 2 is 1.77 bits per heavy atom. The number of halogens is 1. The smallest absolute Gasteiger partial charge is 0.253 e. The molecule has 1 N–H and O–H groups in total. The number of rotatable bonds is 4. The maximum absolute atomic E-state index is 5.96. The maximum Gasteiger partial charge on any atom is 0.253 e. The highest BCUT2D eigenvalue weighted by Gasteiger charge is 2.12. The van der Waals surface area contributed by atoms with Crippen molar-refractivity contribution in [2.75, 3.05) is 5.32 Å². The molecule has 0 spiro atoms. The van der Waals surface area contributed by atoms with Crippen LogP contribution in [0.3, 0.4) is 0 Å². The van der Waals surface area contributed by atoms with E-state index in [1.165, 1.54) is 0 Å². The monoisotopic (exact) mass is 363 g/mol. The fourth-order valence-electron chi connectivity index (χ4n) is 2.91. The number of aryl methyl sites for hydroxylation is 2. The van der Waals surface area contributed by atoms with Gasteiger partial charge in [0.1, 0.15) is 5.82 Å². The average molecular weight is 364 g/mol. The van der Waals surface area contributed by atoms with Crippen molar-refractivity contribution in [1.29, 1.82) is 0 Å². The molecule has 2 heterocycles. The van der Waals surface area contributed by atoms with E-state index in [4.69, 9.17) is 16.6 Å².